The Labute approximate surface area is 447 Å². The molecule has 8 atom stereocenters. The van der Waals surface area contributed by atoms with Crippen molar-refractivity contribution in [2.45, 2.75) is 173 Å². The molecule has 1 heterocycles. The molecule has 0 aromatic heterocycles. The lowest BCUT2D eigenvalue weighted by atomic mass is 9.96. The van der Waals surface area contributed by atoms with Crippen LogP contribution in [0.25, 0.3) is 0 Å². The van der Waals surface area contributed by atoms with Crippen LogP contribution in [0.3, 0.4) is 0 Å². The molecule has 1 aliphatic rings. The van der Waals surface area contributed by atoms with Gasteiger partial charge in [-0.25, -0.2) is 0 Å². The Balaban J connectivity index is 2.46. The zero-order chi connectivity index (χ0) is 56.9. The van der Waals surface area contributed by atoms with E-state index >= 15 is 0 Å². The number of methoxy groups -OCH3 is 1. The fourth-order valence-corrected chi connectivity index (χ4v) is 8.72. The van der Waals surface area contributed by atoms with E-state index in [0.717, 1.165) is 15.4 Å². The Morgan fingerprint density at radius 1 is 0.618 bits per heavy atom. The summed E-state index contributed by atoms with van der Waals surface area (Å²) in [6.45, 7) is 8.72. The summed E-state index contributed by atoms with van der Waals surface area (Å²) in [5.74, 6) is 28.8. The zero-order valence-corrected chi connectivity index (χ0v) is 45.4. The van der Waals surface area contributed by atoms with E-state index in [1.807, 2.05) is 20.8 Å². The Kier molecular flexibility index (Phi) is 31.2. The maximum Gasteiger partial charge on any atom is 0.251 e. The van der Waals surface area contributed by atoms with Gasteiger partial charge in [0.05, 0.1) is 7.11 Å². The molecule has 0 saturated carbocycles. The molecule has 27 heteroatoms. The summed E-state index contributed by atoms with van der Waals surface area (Å²) >= 11 is 0. The quantitative estimate of drug-likeness (QED) is 0.0186. The molecular formula is C49H92N18O9. The summed E-state index contributed by atoms with van der Waals surface area (Å²) in [6.07, 6.45) is 5.56. The number of benzene rings is 1. The molecular weight excluding hydrogens is 985 g/mol. The predicted octanol–water partition coefficient (Wildman–Crippen LogP) is -2.43. The number of hydrogen-bond acceptors (Lipinski definition) is 19. The number of ether oxygens (including phenoxy) is 1. The van der Waals surface area contributed by atoms with E-state index in [2.05, 4.69) is 31.9 Å². The second-order valence-corrected chi connectivity index (χ2v) is 20.1. The number of amides is 8. The lowest BCUT2D eigenvalue weighted by Gasteiger charge is -2.32. The predicted molar refractivity (Wildman–Crippen MR) is 286 cm³/mol. The second kappa shape index (κ2) is 35.7. The molecule has 0 spiro atoms. The number of nitrogens with one attached hydrogen (secondary N) is 6. The first-order chi connectivity index (χ1) is 36.0. The summed E-state index contributed by atoms with van der Waals surface area (Å²) in [7, 11) is 1.49. The smallest absolute Gasteiger partial charge is 0.251 e. The Morgan fingerprint density at radius 2 is 1.08 bits per heavy atom. The molecule has 27 nitrogen and oxygen atoms in total. The maximum absolute atomic E-state index is 14.7. The first kappa shape index (κ1) is 66.5. The lowest BCUT2D eigenvalue weighted by Crippen LogP contribution is -2.60. The van der Waals surface area contributed by atoms with Gasteiger partial charge < -0.3 is 53.0 Å². The molecule has 0 bridgehead atoms. The first-order valence-corrected chi connectivity index (χ1v) is 26.6. The Bertz CT molecular complexity index is 1960. The van der Waals surface area contributed by atoms with Gasteiger partial charge >= 0.3 is 0 Å². The van der Waals surface area contributed by atoms with E-state index in [-0.39, 0.29) is 63.2 Å². The van der Waals surface area contributed by atoms with Crippen molar-refractivity contribution in [1.29, 1.82) is 0 Å². The summed E-state index contributed by atoms with van der Waals surface area (Å²) < 4.78 is 5.21. The summed E-state index contributed by atoms with van der Waals surface area (Å²) in [5.41, 5.74) is 11.6. The molecule has 22 N–H and O–H groups in total. The fraction of sp³-hybridized carbons (Fsp3) is 0.714. The van der Waals surface area contributed by atoms with Crippen LogP contribution in [0.5, 0.6) is 5.75 Å². The van der Waals surface area contributed by atoms with Gasteiger partial charge in [-0.15, -0.1) is 0 Å². The van der Waals surface area contributed by atoms with Crippen molar-refractivity contribution in [3.63, 3.8) is 0 Å². The fourth-order valence-electron chi connectivity index (χ4n) is 8.72. The van der Waals surface area contributed by atoms with Crippen molar-refractivity contribution in [3.05, 3.63) is 29.8 Å². The highest BCUT2D eigenvalue weighted by Crippen LogP contribution is 2.22. The molecule has 1 aliphatic heterocycles. The standard InChI is InChI=1S/C49H92N18O9/c1-6-32(4)41(63-46(72)37(18-9-13-28-66(54)55)59-44(70)35(17-8-12-27-65(52)53)58-43(69)33-21-23-34(76-5)24-22-33)48(74)61-38(19-10-14-29-67(56)57)49(75)64-26-15-20-40(64)47(73)60-36(16-7-11-25-50)45(71)62-39(42(51)68)30-31(2)3/h21-24,31-32,35-41H,6-20,25-30,50,52-57H2,1-5H3,(H2,51,68)(H,58,69)(H,59,70)(H,60,73)(H,61,74)(H,62,71)(H,63,72). The van der Waals surface area contributed by atoms with Gasteiger partial charge in [0.2, 0.25) is 41.4 Å². The van der Waals surface area contributed by atoms with Crippen LogP contribution >= 0.6 is 0 Å². The number of likely N-dealkylation sites (tertiary alicyclic amines) is 1. The van der Waals surface area contributed by atoms with Gasteiger partial charge in [0.25, 0.3) is 5.91 Å². The van der Waals surface area contributed by atoms with Crippen LogP contribution in [0.1, 0.15) is 141 Å². The van der Waals surface area contributed by atoms with Crippen molar-refractivity contribution < 1.29 is 43.1 Å². The minimum atomic E-state index is -1.22. The van der Waals surface area contributed by atoms with Gasteiger partial charge in [-0.3, -0.25) is 73.4 Å². The molecule has 1 aromatic carbocycles. The molecule has 1 fully saturated rings. The van der Waals surface area contributed by atoms with Gasteiger partial charge in [0, 0.05) is 31.7 Å². The third-order valence-corrected chi connectivity index (χ3v) is 13.3. The molecule has 1 saturated heterocycles. The Morgan fingerprint density at radius 3 is 1.55 bits per heavy atom. The van der Waals surface area contributed by atoms with Gasteiger partial charge in [0.1, 0.15) is 48.0 Å². The van der Waals surface area contributed by atoms with Crippen LogP contribution in [0, 0.1) is 11.8 Å². The van der Waals surface area contributed by atoms with Crippen molar-refractivity contribution in [2.75, 3.05) is 39.8 Å². The number of hydrogen-bond donors (Lipinski definition) is 14. The van der Waals surface area contributed by atoms with Gasteiger partial charge in [0.15, 0.2) is 0 Å². The summed E-state index contributed by atoms with van der Waals surface area (Å²) in [4.78, 5) is 113. The van der Waals surface area contributed by atoms with Crippen LogP contribution in [-0.4, -0.2) is 150 Å². The van der Waals surface area contributed by atoms with Crippen molar-refractivity contribution in [1.82, 2.24) is 52.2 Å². The number of rotatable bonds is 38. The van der Waals surface area contributed by atoms with Crippen LogP contribution in [0.15, 0.2) is 24.3 Å². The van der Waals surface area contributed by atoms with E-state index in [1.54, 1.807) is 31.2 Å². The lowest BCUT2D eigenvalue weighted by molar-refractivity contribution is -0.143. The van der Waals surface area contributed by atoms with Crippen molar-refractivity contribution >= 4 is 47.3 Å². The first-order valence-electron chi connectivity index (χ1n) is 26.6. The van der Waals surface area contributed by atoms with E-state index in [9.17, 15) is 38.4 Å². The number of carbonyl (C=O) groups is 8. The van der Waals surface area contributed by atoms with Crippen LogP contribution < -0.4 is 83.2 Å². The number of nitrogens with two attached hydrogens (primary N) is 8. The SMILES string of the molecule is CCC(C)C(NC(=O)C(CCCCN(N)N)NC(=O)C(CCCCN(N)N)NC(=O)c1ccc(OC)cc1)C(=O)NC(CCCCN(N)N)C(=O)N1CCCC1C(=O)NC(CCCCN)C(=O)NC(CC(C)C)C(N)=O. The normalized spacial score (nSPS) is 16.3. The van der Waals surface area contributed by atoms with Gasteiger partial charge in [-0.05, 0) is 139 Å². The molecule has 0 aliphatic carbocycles. The van der Waals surface area contributed by atoms with E-state index < -0.39 is 95.5 Å². The summed E-state index contributed by atoms with van der Waals surface area (Å²) in [5, 5.41) is 19.8. The maximum atomic E-state index is 14.7. The molecule has 76 heavy (non-hydrogen) atoms. The van der Waals surface area contributed by atoms with Crippen molar-refractivity contribution in [3.8, 4) is 5.75 Å². The highest BCUT2D eigenvalue weighted by atomic mass is 16.5. The molecule has 8 amide bonds. The number of primary amides is 1. The molecule has 1 aromatic rings. The van der Waals surface area contributed by atoms with Gasteiger partial charge in [-0.1, -0.05) is 34.1 Å². The summed E-state index contributed by atoms with van der Waals surface area (Å²) in [6, 6.07) is -1.45. The molecule has 0 radical (unpaired) electrons. The molecule has 2 rings (SSSR count). The van der Waals surface area contributed by atoms with E-state index in [1.165, 1.54) is 12.0 Å². The number of carbonyl (C=O) groups excluding carboxylic acids is 8. The van der Waals surface area contributed by atoms with E-state index in [4.69, 9.17) is 51.3 Å². The van der Waals surface area contributed by atoms with Crippen molar-refractivity contribution in [2.24, 2.45) is 58.4 Å². The van der Waals surface area contributed by atoms with Crippen LogP contribution in [-0.2, 0) is 33.6 Å². The Hall–Kier alpha value is -5.62. The molecule has 8 unspecified atom stereocenters. The van der Waals surface area contributed by atoms with Crippen LogP contribution in [0.2, 0.25) is 0 Å². The average Bonchev–Trinajstić information content (AvgIpc) is 3.87. The third kappa shape index (κ3) is 24.6. The highest BCUT2D eigenvalue weighted by molar-refractivity contribution is 5.99. The minimum absolute atomic E-state index is 0.0325. The number of nitrogens with zero attached hydrogens (tertiary/aromatic N) is 4. The monoisotopic (exact) mass is 1080 g/mol. The highest BCUT2D eigenvalue weighted by Gasteiger charge is 2.40. The third-order valence-electron chi connectivity index (χ3n) is 13.3. The second-order valence-electron chi connectivity index (χ2n) is 20.1. The zero-order valence-electron chi connectivity index (χ0n) is 45.4. The average molecular weight is 1080 g/mol. The number of hydrazine groups is 6. The largest absolute Gasteiger partial charge is 0.497 e. The minimum Gasteiger partial charge on any atom is -0.497 e. The van der Waals surface area contributed by atoms with Gasteiger partial charge in [-0.2, -0.15) is 15.4 Å². The van der Waals surface area contributed by atoms with E-state index in [0.29, 0.717) is 89.5 Å². The number of unbranched alkanes of at least 4 members (excludes halogenated alkanes) is 4. The molecule has 432 valence electrons. The topological polar surface area (TPSA) is 439 Å². The van der Waals surface area contributed by atoms with Crippen LogP contribution in [0.4, 0.5) is 0 Å².